The lowest BCUT2D eigenvalue weighted by Crippen LogP contribution is -2.36. The maximum atomic E-state index is 12.0. The van der Waals surface area contributed by atoms with E-state index in [0.29, 0.717) is 10.2 Å². The summed E-state index contributed by atoms with van der Waals surface area (Å²) in [7, 11) is 0. The van der Waals surface area contributed by atoms with E-state index in [1.807, 2.05) is 26.2 Å². The maximum absolute atomic E-state index is 12.0. The molecule has 0 aliphatic carbocycles. The molecule has 4 nitrogen and oxygen atoms in total. The van der Waals surface area contributed by atoms with E-state index < -0.39 is 0 Å². The molecule has 1 N–H and O–H groups in total. The predicted octanol–water partition coefficient (Wildman–Crippen LogP) is 1.64. The number of H-pyrrole nitrogens is 1. The minimum atomic E-state index is -0.329. The van der Waals surface area contributed by atoms with Crippen molar-refractivity contribution in [2.24, 2.45) is 0 Å². The van der Waals surface area contributed by atoms with Gasteiger partial charge in [-0.05, 0) is 31.7 Å². The first-order chi connectivity index (χ1) is 7.02. The Bertz CT molecular complexity index is 618. The molecule has 0 aliphatic rings. The molecule has 80 valence electrons. The minimum Gasteiger partial charge on any atom is -0.298 e. The van der Waals surface area contributed by atoms with E-state index in [9.17, 15) is 9.59 Å². The van der Waals surface area contributed by atoms with Gasteiger partial charge in [-0.3, -0.25) is 14.3 Å². The number of aryl methyl sites for hydroxylation is 1. The largest absolute Gasteiger partial charge is 0.329 e. The van der Waals surface area contributed by atoms with E-state index in [4.69, 9.17) is 0 Å². The van der Waals surface area contributed by atoms with Crippen LogP contribution in [-0.2, 0) is 0 Å². The Hall–Kier alpha value is -1.36. The third-order valence-electron chi connectivity index (χ3n) is 2.36. The van der Waals surface area contributed by atoms with Crippen molar-refractivity contribution in [3.63, 3.8) is 0 Å². The highest BCUT2D eigenvalue weighted by Gasteiger charge is 2.12. The molecule has 5 heteroatoms. The molecule has 0 atom stereocenters. The Morgan fingerprint density at radius 2 is 2.07 bits per heavy atom. The van der Waals surface area contributed by atoms with Crippen LogP contribution in [0, 0.1) is 6.92 Å². The molecule has 15 heavy (non-hydrogen) atoms. The van der Waals surface area contributed by atoms with Crippen LogP contribution in [0.1, 0.15) is 25.5 Å². The summed E-state index contributed by atoms with van der Waals surface area (Å²) in [6, 6.07) is -0.120. The summed E-state index contributed by atoms with van der Waals surface area (Å²) in [5, 5.41) is 2.51. The van der Waals surface area contributed by atoms with Crippen molar-refractivity contribution in [2.45, 2.75) is 26.8 Å². The lowest BCUT2D eigenvalue weighted by Gasteiger charge is -2.07. The fourth-order valence-corrected chi connectivity index (χ4v) is 2.57. The summed E-state index contributed by atoms with van der Waals surface area (Å²) in [4.78, 5) is 27.0. The van der Waals surface area contributed by atoms with Gasteiger partial charge < -0.3 is 0 Å². The van der Waals surface area contributed by atoms with E-state index in [-0.39, 0.29) is 17.3 Å². The average molecular weight is 224 g/mol. The van der Waals surface area contributed by atoms with Gasteiger partial charge in [0, 0.05) is 6.04 Å². The molecular weight excluding hydrogens is 212 g/mol. The van der Waals surface area contributed by atoms with E-state index in [0.717, 1.165) is 5.56 Å². The van der Waals surface area contributed by atoms with Gasteiger partial charge >= 0.3 is 5.69 Å². The number of fused-ring (bicyclic) bond motifs is 1. The number of aromatic amines is 1. The monoisotopic (exact) mass is 224 g/mol. The summed E-state index contributed by atoms with van der Waals surface area (Å²) < 4.78 is 1.25. The molecule has 2 aromatic heterocycles. The molecule has 0 saturated heterocycles. The lowest BCUT2D eigenvalue weighted by molar-refractivity contribution is 0.552. The fourth-order valence-electron chi connectivity index (χ4n) is 1.64. The van der Waals surface area contributed by atoms with Gasteiger partial charge in [0.25, 0.3) is 5.56 Å². The predicted molar refractivity (Wildman–Crippen MR) is 61.8 cm³/mol. The van der Waals surface area contributed by atoms with E-state index in [1.165, 1.54) is 15.9 Å². The van der Waals surface area contributed by atoms with Crippen molar-refractivity contribution in [3.05, 3.63) is 31.8 Å². The smallest absolute Gasteiger partial charge is 0.298 e. The first-order valence-electron chi connectivity index (χ1n) is 4.75. The molecule has 2 aromatic rings. The number of rotatable bonds is 1. The number of nitrogens with one attached hydrogen (secondary N) is 1. The van der Waals surface area contributed by atoms with Gasteiger partial charge in [-0.1, -0.05) is 0 Å². The zero-order valence-electron chi connectivity index (χ0n) is 8.83. The molecule has 0 saturated carbocycles. The quantitative estimate of drug-likeness (QED) is 0.800. The Kier molecular flexibility index (Phi) is 2.26. The molecule has 0 aromatic carbocycles. The fraction of sp³-hybridized carbons (Fsp3) is 0.400. The molecule has 0 radical (unpaired) electrons. The number of hydrogen-bond acceptors (Lipinski definition) is 3. The highest BCUT2D eigenvalue weighted by Crippen LogP contribution is 2.18. The van der Waals surface area contributed by atoms with Gasteiger partial charge in [-0.2, -0.15) is 0 Å². The van der Waals surface area contributed by atoms with Gasteiger partial charge in [-0.25, -0.2) is 4.79 Å². The minimum absolute atomic E-state index is 0.120. The zero-order valence-corrected chi connectivity index (χ0v) is 9.64. The van der Waals surface area contributed by atoms with Crippen molar-refractivity contribution in [3.8, 4) is 0 Å². The van der Waals surface area contributed by atoms with Crippen LogP contribution in [0.2, 0.25) is 0 Å². The molecule has 0 bridgehead atoms. The molecular formula is C10H12N2O2S. The highest BCUT2D eigenvalue weighted by atomic mass is 32.1. The molecule has 0 unspecified atom stereocenters. The second kappa shape index (κ2) is 3.34. The third-order valence-corrected chi connectivity index (χ3v) is 3.38. The molecule has 0 fully saturated rings. The molecule has 0 aliphatic heterocycles. The van der Waals surface area contributed by atoms with Gasteiger partial charge in [0.2, 0.25) is 0 Å². The van der Waals surface area contributed by atoms with E-state index in [1.54, 1.807) is 0 Å². The van der Waals surface area contributed by atoms with Gasteiger partial charge in [0.1, 0.15) is 4.83 Å². The van der Waals surface area contributed by atoms with Crippen LogP contribution in [0.15, 0.2) is 15.0 Å². The van der Waals surface area contributed by atoms with Crippen LogP contribution in [0.4, 0.5) is 0 Å². The van der Waals surface area contributed by atoms with E-state index in [2.05, 4.69) is 4.98 Å². The second-order valence-electron chi connectivity index (χ2n) is 3.82. The van der Waals surface area contributed by atoms with Crippen LogP contribution < -0.4 is 11.2 Å². The maximum Gasteiger partial charge on any atom is 0.329 e. The summed E-state index contributed by atoms with van der Waals surface area (Å²) in [6.45, 7) is 5.53. The Balaban J connectivity index is 3.01. The summed E-state index contributed by atoms with van der Waals surface area (Å²) in [6.07, 6.45) is 0. The molecule has 0 spiro atoms. The number of aromatic nitrogens is 2. The lowest BCUT2D eigenvalue weighted by atomic mass is 10.2. The Morgan fingerprint density at radius 3 is 2.67 bits per heavy atom. The standard InChI is InChI=1S/C10H12N2O2S/c1-5(2)12-9(13)7-6(3)4-15-8(7)11-10(12)14/h4-5H,1-3H3,(H,11,14). The first kappa shape index (κ1) is 10.2. The average Bonchev–Trinajstić information content (AvgIpc) is 2.46. The number of hydrogen-bond donors (Lipinski definition) is 1. The second-order valence-corrected chi connectivity index (χ2v) is 4.70. The van der Waals surface area contributed by atoms with Crippen molar-refractivity contribution < 1.29 is 0 Å². The Morgan fingerprint density at radius 1 is 1.40 bits per heavy atom. The van der Waals surface area contributed by atoms with Crippen molar-refractivity contribution >= 4 is 21.6 Å². The topological polar surface area (TPSA) is 54.9 Å². The van der Waals surface area contributed by atoms with Crippen molar-refractivity contribution in [1.82, 2.24) is 9.55 Å². The van der Waals surface area contributed by atoms with Crippen LogP contribution >= 0.6 is 11.3 Å². The Labute approximate surface area is 90.2 Å². The zero-order chi connectivity index (χ0) is 11.2. The van der Waals surface area contributed by atoms with Gasteiger partial charge in [-0.15, -0.1) is 11.3 Å². The highest BCUT2D eigenvalue weighted by molar-refractivity contribution is 7.16. The van der Waals surface area contributed by atoms with Crippen LogP contribution in [0.25, 0.3) is 10.2 Å². The van der Waals surface area contributed by atoms with Crippen molar-refractivity contribution in [2.75, 3.05) is 0 Å². The summed E-state index contributed by atoms with van der Waals surface area (Å²) >= 11 is 1.39. The molecule has 0 amide bonds. The van der Waals surface area contributed by atoms with Crippen LogP contribution in [-0.4, -0.2) is 9.55 Å². The van der Waals surface area contributed by atoms with E-state index >= 15 is 0 Å². The molecule has 2 rings (SSSR count). The van der Waals surface area contributed by atoms with Crippen molar-refractivity contribution in [1.29, 1.82) is 0 Å². The van der Waals surface area contributed by atoms with Gasteiger partial charge in [0.15, 0.2) is 0 Å². The SMILES string of the molecule is Cc1csc2[nH]c(=O)n(C(C)C)c(=O)c12. The van der Waals surface area contributed by atoms with Crippen LogP contribution in [0.3, 0.4) is 0 Å². The molecule has 2 heterocycles. The van der Waals surface area contributed by atoms with Crippen LogP contribution in [0.5, 0.6) is 0 Å². The number of thiophene rings is 1. The third kappa shape index (κ3) is 1.43. The number of nitrogens with zero attached hydrogens (tertiary/aromatic N) is 1. The first-order valence-corrected chi connectivity index (χ1v) is 5.63. The summed E-state index contributed by atoms with van der Waals surface area (Å²) in [5.74, 6) is 0. The normalized spacial score (nSPS) is 11.5. The summed E-state index contributed by atoms with van der Waals surface area (Å²) in [5.41, 5.74) is 0.400. The van der Waals surface area contributed by atoms with Gasteiger partial charge in [0.05, 0.1) is 5.39 Å².